The minimum absolute atomic E-state index is 0.00563. The van der Waals surface area contributed by atoms with Crippen LogP contribution in [0.1, 0.15) is 13.3 Å². The average molecular weight is 232 g/mol. The number of hydrogen-bond acceptors (Lipinski definition) is 4. The molecule has 88 valence electrons. The molecule has 0 radical (unpaired) electrons. The molecule has 5 heteroatoms. The number of nitrogens with one attached hydrogen (secondary N) is 1. The minimum atomic E-state index is 0.00563. The monoisotopic (exact) mass is 232 g/mol. The van der Waals surface area contributed by atoms with Crippen LogP contribution in [0.2, 0.25) is 0 Å². The van der Waals surface area contributed by atoms with Gasteiger partial charge in [0.25, 0.3) is 0 Å². The number of nitrogens with zero attached hydrogens (tertiary/aromatic N) is 1. The van der Waals surface area contributed by atoms with E-state index < -0.39 is 0 Å². The zero-order valence-electron chi connectivity index (χ0n) is 9.24. The Labute approximate surface area is 96.8 Å². The van der Waals surface area contributed by atoms with Crippen LogP contribution in [-0.2, 0) is 9.53 Å². The van der Waals surface area contributed by atoms with E-state index in [0.29, 0.717) is 6.54 Å². The fourth-order valence-corrected chi connectivity index (χ4v) is 1.80. The van der Waals surface area contributed by atoms with Crippen LogP contribution >= 0.6 is 12.6 Å². The van der Waals surface area contributed by atoms with Crippen molar-refractivity contribution in [2.24, 2.45) is 0 Å². The molecule has 1 N–H and O–H groups in total. The zero-order chi connectivity index (χ0) is 11.1. The van der Waals surface area contributed by atoms with Crippen LogP contribution in [0.25, 0.3) is 0 Å². The number of morpholine rings is 1. The van der Waals surface area contributed by atoms with E-state index in [1.165, 1.54) is 6.92 Å². The molecule has 0 bridgehead atoms. The second-order valence-electron chi connectivity index (χ2n) is 3.81. The van der Waals surface area contributed by atoms with E-state index in [9.17, 15) is 4.79 Å². The van der Waals surface area contributed by atoms with Crippen LogP contribution in [0.15, 0.2) is 0 Å². The summed E-state index contributed by atoms with van der Waals surface area (Å²) in [6, 6.07) is 0. The van der Waals surface area contributed by atoms with Gasteiger partial charge in [-0.15, -0.1) is 0 Å². The summed E-state index contributed by atoms with van der Waals surface area (Å²) < 4.78 is 5.56. The third kappa shape index (κ3) is 5.39. The maximum atomic E-state index is 10.7. The van der Waals surface area contributed by atoms with Crippen molar-refractivity contribution < 1.29 is 9.53 Å². The highest BCUT2D eigenvalue weighted by atomic mass is 32.1. The molecule has 0 saturated carbocycles. The summed E-state index contributed by atoms with van der Waals surface area (Å²) in [5.74, 6) is 0.930. The van der Waals surface area contributed by atoms with Gasteiger partial charge in [0, 0.05) is 26.6 Å². The summed E-state index contributed by atoms with van der Waals surface area (Å²) >= 11 is 4.20. The lowest BCUT2D eigenvalue weighted by Crippen LogP contribution is -2.47. The average Bonchev–Trinajstić information content (AvgIpc) is 2.24. The summed E-state index contributed by atoms with van der Waals surface area (Å²) in [6.07, 6.45) is 1.25. The van der Waals surface area contributed by atoms with Crippen LogP contribution in [0, 0.1) is 0 Å². The highest BCUT2D eigenvalue weighted by Crippen LogP contribution is 2.05. The van der Waals surface area contributed by atoms with E-state index in [-0.39, 0.29) is 12.0 Å². The maximum Gasteiger partial charge on any atom is 0.216 e. The van der Waals surface area contributed by atoms with Crippen LogP contribution in [-0.4, -0.2) is 55.4 Å². The standard InChI is InChI=1S/C10H20N2O2S/c1-9(13)11-7-10-8-12(3-2-6-15)4-5-14-10/h10,15H,2-8H2,1H3,(H,11,13)/t10-/m0/s1. The second kappa shape index (κ2) is 7.09. The summed E-state index contributed by atoms with van der Waals surface area (Å²) in [6.45, 7) is 5.88. The number of carbonyl (C=O) groups is 1. The molecule has 0 spiro atoms. The predicted molar refractivity (Wildman–Crippen MR) is 63.3 cm³/mol. The molecule has 0 aliphatic carbocycles. The Hall–Kier alpha value is -0.260. The lowest BCUT2D eigenvalue weighted by Gasteiger charge is -2.32. The molecular weight excluding hydrogens is 212 g/mol. The van der Waals surface area contributed by atoms with Crippen molar-refractivity contribution >= 4 is 18.5 Å². The zero-order valence-corrected chi connectivity index (χ0v) is 10.1. The van der Waals surface area contributed by atoms with Crippen molar-refractivity contribution in [1.82, 2.24) is 10.2 Å². The Morgan fingerprint density at radius 3 is 3.13 bits per heavy atom. The summed E-state index contributed by atoms with van der Waals surface area (Å²) in [5, 5.41) is 2.79. The third-order valence-corrected chi connectivity index (χ3v) is 2.75. The van der Waals surface area contributed by atoms with Crippen LogP contribution < -0.4 is 5.32 Å². The number of hydrogen-bond donors (Lipinski definition) is 2. The molecule has 4 nitrogen and oxygen atoms in total. The topological polar surface area (TPSA) is 41.6 Å². The van der Waals surface area contributed by atoms with Gasteiger partial charge < -0.3 is 10.1 Å². The van der Waals surface area contributed by atoms with Gasteiger partial charge >= 0.3 is 0 Å². The molecule has 1 rings (SSSR count). The summed E-state index contributed by atoms with van der Waals surface area (Å²) in [5.41, 5.74) is 0. The lowest BCUT2D eigenvalue weighted by molar-refractivity contribution is -0.120. The Balaban J connectivity index is 2.19. The molecule has 1 fully saturated rings. The first-order valence-corrected chi connectivity index (χ1v) is 6.05. The molecular formula is C10H20N2O2S. The van der Waals surface area contributed by atoms with E-state index in [0.717, 1.165) is 38.4 Å². The Morgan fingerprint density at radius 2 is 2.47 bits per heavy atom. The van der Waals surface area contributed by atoms with Crippen LogP contribution in [0.4, 0.5) is 0 Å². The summed E-state index contributed by atoms with van der Waals surface area (Å²) in [7, 11) is 0. The molecule has 1 aliphatic heterocycles. The number of ether oxygens (including phenoxy) is 1. The van der Waals surface area contributed by atoms with E-state index in [4.69, 9.17) is 4.74 Å². The fraction of sp³-hybridized carbons (Fsp3) is 0.900. The highest BCUT2D eigenvalue weighted by Gasteiger charge is 2.19. The SMILES string of the molecule is CC(=O)NC[C@H]1CN(CCCS)CCO1. The Kier molecular flexibility index (Phi) is 6.05. The van der Waals surface area contributed by atoms with Gasteiger partial charge in [-0.1, -0.05) is 0 Å². The van der Waals surface area contributed by atoms with E-state index in [1.54, 1.807) is 0 Å². The normalized spacial score (nSPS) is 22.7. The van der Waals surface area contributed by atoms with Gasteiger partial charge in [-0.05, 0) is 18.7 Å². The number of thiol groups is 1. The van der Waals surface area contributed by atoms with Crippen molar-refractivity contribution in [1.29, 1.82) is 0 Å². The molecule has 0 aromatic carbocycles. The van der Waals surface area contributed by atoms with Gasteiger partial charge in [-0.2, -0.15) is 12.6 Å². The smallest absolute Gasteiger partial charge is 0.216 e. The van der Waals surface area contributed by atoms with Gasteiger partial charge in [0.05, 0.1) is 12.7 Å². The van der Waals surface area contributed by atoms with E-state index in [1.807, 2.05) is 0 Å². The summed E-state index contributed by atoms with van der Waals surface area (Å²) in [4.78, 5) is 13.1. The minimum Gasteiger partial charge on any atom is -0.374 e. The lowest BCUT2D eigenvalue weighted by atomic mass is 10.2. The van der Waals surface area contributed by atoms with Gasteiger partial charge in [-0.3, -0.25) is 9.69 Å². The Morgan fingerprint density at radius 1 is 1.67 bits per heavy atom. The number of rotatable bonds is 5. The number of carbonyl (C=O) groups excluding carboxylic acids is 1. The van der Waals surface area contributed by atoms with Crippen molar-refractivity contribution in [3.63, 3.8) is 0 Å². The van der Waals surface area contributed by atoms with E-state index >= 15 is 0 Å². The second-order valence-corrected chi connectivity index (χ2v) is 4.25. The predicted octanol–water partition coefficient (Wildman–Crippen LogP) is 0.143. The molecule has 1 heterocycles. The molecule has 0 unspecified atom stereocenters. The van der Waals surface area contributed by atoms with Gasteiger partial charge in [-0.25, -0.2) is 0 Å². The van der Waals surface area contributed by atoms with Crippen molar-refractivity contribution in [3.8, 4) is 0 Å². The van der Waals surface area contributed by atoms with E-state index in [2.05, 4.69) is 22.8 Å². The molecule has 1 aliphatic rings. The molecule has 1 atom stereocenters. The molecule has 0 aromatic rings. The molecule has 0 aromatic heterocycles. The van der Waals surface area contributed by atoms with Crippen LogP contribution in [0.5, 0.6) is 0 Å². The van der Waals surface area contributed by atoms with Crippen molar-refractivity contribution in [3.05, 3.63) is 0 Å². The fourth-order valence-electron chi connectivity index (χ4n) is 1.66. The molecule has 1 saturated heterocycles. The quantitative estimate of drug-likeness (QED) is 0.663. The first kappa shape index (κ1) is 12.8. The molecule has 15 heavy (non-hydrogen) atoms. The van der Waals surface area contributed by atoms with Crippen molar-refractivity contribution in [2.75, 3.05) is 38.5 Å². The first-order chi connectivity index (χ1) is 7.22. The van der Waals surface area contributed by atoms with Gasteiger partial charge in [0.1, 0.15) is 0 Å². The number of amides is 1. The van der Waals surface area contributed by atoms with Gasteiger partial charge in [0.15, 0.2) is 0 Å². The highest BCUT2D eigenvalue weighted by molar-refractivity contribution is 7.80. The maximum absolute atomic E-state index is 10.7. The third-order valence-electron chi connectivity index (χ3n) is 2.43. The van der Waals surface area contributed by atoms with Crippen molar-refractivity contribution in [2.45, 2.75) is 19.4 Å². The largest absolute Gasteiger partial charge is 0.374 e. The Bertz CT molecular complexity index is 202. The molecule has 1 amide bonds. The van der Waals surface area contributed by atoms with Crippen LogP contribution in [0.3, 0.4) is 0 Å². The first-order valence-electron chi connectivity index (χ1n) is 5.41. The van der Waals surface area contributed by atoms with Gasteiger partial charge in [0.2, 0.25) is 5.91 Å².